The van der Waals surface area contributed by atoms with Gasteiger partial charge in [0.2, 0.25) is 0 Å². The Bertz CT molecular complexity index is 624. The molecule has 0 saturated heterocycles. The monoisotopic (exact) mass is 288 g/mol. The molecular formula is C15H16N2O2S. The lowest BCUT2D eigenvalue weighted by Crippen LogP contribution is -2.34. The van der Waals surface area contributed by atoms with Crippen molar-refractivity contribution in [3.63, 3.8) is 0 Å². The maximum absolute atomic E-state index is 12.0. The second kappa shape index (κ2) is 5.63. The number of ether oxygens (including phenoxy) is 1. The van der Waals surface area contributed by atoms with Crippen molar-refractivity contribution in [2.75, 3.05) is 13.2 Å². The van der Waals surface area contributed by atoms with Gasteiger partial charge in [0.05, 0.1) is 17.8 Å². The van der Waals surface area contributed by atoms with E-state index >= 15 is 0 Å². The van der Waals surface area contributed by atoms with Crippen LogP contribution in [0.5, 0.6) is 5.75 Å². The third-order valence-corrected chi connectivity index (χ3v) is 4.39. The van der Waals surface area contributed by atoms with Gasteiger partial charge in [-0.3, -0.25) is 4.79 Å². The van der Waals surface area contributed by atoms with Gasteiger partial charge in [-0.05, 0) is 25.0 Å². The molecule has 0 bridgehead atoms. The number of fused-ring (bicyclic) bond motifs is 1. The highest BCUT2D eigenvalue weighted by Crippen LogP contribution is 2.26. The smallest absolute Gasteiger partial charge is 0.263 e. The zero-order valence-corrected chi connectivity index (χ0v) is 12.1. The lowest BCUT2D eigenvalue weighted by atomic mass is 9.97. The fourth-order valence-electron chi connectivity index (χ4n) is 2.36. The number of thiazole rings is 1. The summed E-state index contributed by atoms with van der Waals surface area (Å²) in [5.41, 5.74) is 3.70. The first-order chi connectivity index (χ1) is 9.74. The maximum atomic E-state index is 12.0. The van der Waals surface area contributed by atoms with Crippen LogP contribution in [0.4, 0.5) is 0 Å². The quantitative estimate of drug-likeness (QED) is 0.943. The number of nitrogens with one attached hydrogen (secondary N) is 1. The van der Waals surface area contributed by atoms with Crippen molar-refractivity contribution in [1.29, 1.82) is 0 Å². The first-order valence-electron chi connectivity index (χ1n) is 6.63. The number of hydrogen-bond donors (Lipinski definition) is 1. The fraction of sp³-hybridized carbons (Fsp3) is 0.333. The molecule has 0 unspecified atom stereocenters. The summed E-state index contributed by atoms with van der Waals surface area (Å²) in [4.78, 5) is 16.8. The van der Waals surface area contributed by atoms with E-state index in [4.69, 9.17) is 4.74 Å². The minimum Gasteiger partial charge on any atom is -0.493 e. The number of rotatable bonds is 3. The van der Waals surface area contributed by atoms with Gasteiger partial charge in [-0.25, -0.2) is 4.98 Å². The molecule has 0 aliphatic carbocycles. The number of carbonyl (C=O) groups excluding carboxylic acids is 1. The summed E-state index contributed by atoms with van der Waals surface area (Å²) in [5, 5.41) is 2.98. The van der Waals surface area contributed by atoms with Crippen molar-refractivity contribution in [3.05, 3.63) is 45.9 Å². The Labute approximate surface area is 121 Å². The number of carbonyl (C=O) groups is 1. The second-order valence-electron chi connectivity index (χ2n) is 4.97. The van der Waals surface area contributed by atoms with Gasteiger partial charge >= 0.3 is 0 Å². The highest BCUT2D eigenvalue weighted by atomic mass is 32.1. The molecule has 1 N–H and O–H groups in total. The molecule has 20 heavy (non-hydrogen) atoms. The fourth-order valence-corrected chi connectivity index (χ4v) is 3.08. The number of nitrogens with zero attached hydrogens (tertiary/aromatic N) is 1. The Morgan fingerprint density at radius 2 is 2.35 bits per heavy atom. The number of para-hydroxylation sites is 1. The predicted octanol–water partition coefficient (Wildman–Crippen LogP) is 2.43. The first-order valence-corrected chi connectivity index (χ1v) is 7.51. The Morgan fingerprint density at radius 3 is 3.15 bits per heavy atom. The zero-order valence-electron chi connectivity index (χ0n) is 11.3. The number of aromatic nitrogens is 1. The number of benzene rings is 1. The van der Waals surface area contributed by atoms with Crippen molar-refractivity contribution >= 4 is 17.2 Å². The molecule has 1 aliphatic heterocycles. The standard InChI is InChI=1S/C15H16N2O2S/c1-10-14(20-9-17-10)15(18)16-7-11-6-12-4-2-3-5-13(12)19-8-11/h2-5,9,11H,6-8H2,1H3,(H,16,18)/t11-/m0/s1. The minimum atomic E-state index is -0.0381. The van der Waals surface area contributed by atoms with Crippen molar-refractivity contribution in [3.8, 4) is 5.75 Å². The van der Waals surface area contributed by atoms with Crippen molar-refractivity contribution < 1.29 is 9.53 Å². The molecule has 1 aliphatic rings. The van der Waals surface area contributed by atoms with E-state index in [-0.39, 0.29) is 5.91 Å². The van der Waals surface area contributed by atoms with Gasteiger partial charge in [-0.15, -0.1) is 11.3 Å². The van der Waals surface area contributed by atoms with E-state index in [0.29, 0.717) is 23.9 Å². The summed E-state index contributed by atoms with van der Waals surface area (Å²) in [5.74, 6) is 1.25. The summed E-state index contributed by atoms with van der Waals surface area (Å²) in [6.45, 7) is 3.13. The lowest BCUT2D eigenvalue weighted by molar-refractivity contribution is 0.0942. The molecule has 104 valence electrons. The van der Waals surface area contributed by atoms with Crippen LogP contribution in [0.15, 0.2) is 29.8 Å². The van der Waals surface area contributed by atoms with Crippen LogP contribution in [-0.4, -0.2) is 24.0 Å². The summed E-state index contributed by atoms with van der Waals surface area (Å²) < 4.78 is 5.72. The molecule has 5 heteroatoms. The molecule has 2 heterocycles. The van der Waals surface area contributed by atoms with Gasteiger partial charge in [0.15, 0.2) is 0 Å². The Kier molecular flexibility index (Phi) is 3.69. The number of hydrogen-bond acceptors (Lipinski definition) is 4. The molecule has 1 atom stereocenters. The summed E-state index contributed by atoms with van der Waals surface area (Å²) in [6.07, 6.45) is 0.943. The molecule has 1 amide bonds. The van der Waals surface area contributed by atoms with Crippen LogP contribution in [0.1, 0.15) is 20.9 Å². The van der Waals surface area contributed by atoms with Crippen LogP contribution in [0.3, 0.4) is 0 Å². The third kappa shape index (κ3) is 2.67. The van der Waals surface area contributed by atoms with Crippen molar-refractivity contribution in [1.82, 2.24) is 10.3 Å². The second-order valence-corrected chi connectivity index (χ2v) is 5.82. The first kappa shape index (κ1) is 13.1. The Balaban J connectivity index is 1.58. The summed E-state index contributed by atoms with van der Waals surface area (Å²) >= 11 is 1.38. The molecule has 4 nitrogen and oxygen atoms in total. The van der Waals surface area contributed by atoms with Gasteiger partial charge in [-0.1, -0.05) is 18.2 Å². The van der Waals surface area contributed by atoms with Crippen LogP contribution in [0.2, 0.25) is 0 Å². The highest BCUT2D eigenvalue weighted by Gasteiger charge is 2.20. The molecule has 0 saturated carbocycles. The highest BCUT2D eigenvalue weighted by molar-refractivity contribution is 7.11. The van der Waals surface area contributed by atoms with E-state index in [0.717, 1.165) is 17.9 Å². The zero-order chi connectivity index (χ0) is 13.9. The summed E-state index contributed by atoms with van der Waals surface area (Å²) in [7, 11) is 0. The average molecular weight is 288 g/mol. The Morgan fingerprint density at radius 1 is 1.50 bits per heavy atom. The van der Waals surface area contributed by atoms with Crippen molar-refractivity contribution in [2.45, 2.75) is 13.3 Å². The topological polar surface area (TPSA) is 51.2 Å². The maximum Gasteiger partial charge on any atom is 0.263 e. The molecule has 0 spiro atoms. The molecule has 2 aromatic rings. The van der Waals surface area contributed by atoms with Gasteiger partial charge in [-0.2, -0.15) is 0 Å². The molecule has 1 aromatic heterocycles. The van der Waals surface area contributed by atoms with Crippen LogP contribution < -0.4 is 10.1 Å². The van der Waals surface area contributed by atoms with E-state index in [1.165, 1.54) is 16.9 Å². The molecular weight excluding hydrogens is 272 g/mol. The minimum absolute atomic E-state index is 0.0381. The molecule has 0 fully saturated rings. The van der Waals surface area contributed by atoms with E-state index in [1.807, 2.05) is 25.1 Å². The Hall–Kier alpha value is -1.88. The van der Waals surface area contributed by atoms with Crippen LogP contribution in [0.25, 0.3) is 0 Å². The van der Waals surface area contributed by atoms with Crippen LogP contribution >= 0.6 is 11.3 Å². The average Bonchev–Trinajstić information content (AvgIpc) is 2.91. The van der Waals surface area contributed by atoms with E-state index in [2.05, 4.69) is 16.4 Å². The normalized spacial score (nSPS) is 17.1. The van der Waals surface area contributed by atoms with Crippen LogP contribution in [-0.2, 0) is 6.42 Å². The van der Waals surface area contributed by atoms with E-state index in [1.54, 1.807) is 5.51 Å². The van der Waals surface area contributed by atoms with Gasteiger partial charge in [0, 0.05) is 12.5 Å². The van der Waals surface area contributed by atoms with E-state index < -0.39 is 0 Å². The largest absolute Gasteiger partial charge is 0.493 e. The van der Waals surface area contributed by atoms with Gasteiger partial charge < -0.3 is 10.1 Å². The molecule has 0 radical (unpaired) electrons. The van der Waals surface area contributed by atoms with Crippen molar-refractivity contribution in [2.24, 2.45) is 5.92 Å². The van der Waals surface area contributed by atoms with Crippen LogP contribution in [0, 0.1) is 12.8 Å². The summed E-state index contributed by atoms with van der Waals surface area (Å²) in [6, 6.07) is 8.07. The van der Waals surface area contributed by atoms with E-state index in [9.17, 15) is 4.79 Å². The predicted molar refractivity (Wildman–Crippen MR) is 78.3 cm³/mol. The SMILES string of the molecule is Cc1ncsc1C(=O)NC[C@H]1COc2ccccc2C1. The van der Waals surface area contributed by atoms with Gasteiger partial charge in [0.25, 0.3) is 5.91 Å². The van der Waals surface area contributed by atoms with Gasteiger partial charge in [0.1, 0.15) is 10.6 Å². The lowest BCUT2D eigenvalue weighted by Gasteiger charge is -2.25. The number of aryl methyl sites for hydroxylation is 1. The number of amides is 1. The molecule has 1 aromatic carbocycles. The molecule has 3 rings (SSSR count). The third-order valence-electron chi connectivity index (χ3n) is 3.46.